The number of aromatic nitrogens is 3. The van der Waals surface area contributed by atoms with E-state index in [1.807, 2.05) is 28.9 Å². The number of hydrogen-bond donors (Lipinski definition) is 0. The second-order valence-corrected chi connectivity index (χ2v) is 9.02. The van der Waals surface area contributed by atoms with Gasteiger partial charge in [-0.25, -0.2) is 0 Å². The average Bonchev–Trinajstić information content (AvgIpc) is 3.10. The number of piperidine rings is 1. The molecule has 0 radical (unpaired) electrons. The molecule has 0 amide bonds. The van der Waals surface area contributed by atoms with Crippen LogP contribution in [0.25, 0.3) is 11.4 Å². The van der Waals surface area contributed by atoms with Gasteiger partial charge in [0.2, 0.25) is 0 Å². The summed E-state index contributed by atoms with van der Waals surface area (Å²) in [5.41, 5.74) is 2.84. The van der Waals surface area contributed by atoms with Crippen molar-refractivity contribution in [2.24, 2.45) is 0 Å². The third-order valence-electron chi connectivity index (χ3n) is 4.78. The SMILES string of the molecule is CCCn1nccc1-c1cccc(C2CCCN(S(=O)(=O)N(C)C)C2)n1. The van der Waals surface area contributed by atoms with Crippen LogP contribution >= 0.6 is 0 Å². The summed E-state index contributed by atoms with van der Waals surface area (Å²) in [7, 11) is -0.231. The summed E-state index contributed by atoms with van der Waals surface area (Å²) in [5, 5.41) is 4.37. The van der Waals surface area contributed by atoms with E-state index >= 15 is 0 Å². The lowest BCUT2D eigenvalue weighted by Gasteiger charge is -2.33. The molecule has 1 aliphatic rings. The van der Waals surface area contributed by atoms with Crippen molar-refractivity contribution in [2.45, 2.75) is 38.6 Å². The highest BCUT2D eigenvalue weighted by Gasteiger charge is 2.31. The van der Waals surface area contributed by atoms with Gasteiger partial charge in [0, 0.05) is 51.5 Å². The second-order valence-electron chi connectivity index (χ2n) is 6.87. The van der Waals surface area contributed by atoms with Crippen LogP contribution in [0.2, 0.25) is 0 Å². The van der Waals surface area contributed by atoms with Crippen LogP contribution in [0, 0.1) is 0 Å². The van der Waals surface area contributed by atoms with Gasteiger partial charge in [-0.15, -0.1) is 0 Å². The summed E-state index contributed by atoms with van der Waals surface area (Å²) in [6.07, 6.45) is 4.60. The predicted octanol–water partition coefficient (Wildman–Crippen LogP) is 2.34. The van der Waals surface area contributed by atoms with Crippen LogP contribution in [0.4, 0.5) is 0 Å². The van der Waals surface area contributed by atoms with Gasteiger partial charge >= 0.3 is 0 Å². The largest absolute Gasteiger partial charge is 0.281 e. The van der Waals surface area contributed by atoms with Crippen molar-refractivity contribution in [2.75, 3.05) is 27.2 Å². The van der Waals surface area contributed by atoms with Crippen LogP contribution in [-0.4, -0.2) is 59.0 Å². The minimum absolute atomic E-state index is 0.112. The van der Waals surface area contributed by atoms with E-state index in [1.54, 1.807) is 24.6 Å². The van der Waals surface area contributed by atoms with Crippen molar-refractivity contribution in [1.82, 2.24) is 23.4 Å². The first-order valence-electron chi connectivity index (χ1n) is 9.10. The third-order valence-corrected chi connectivity index (χ3v) is 6.68. The van der Waals surface area contributed by atoms with Gasteiger partial charge in [-0.3, -0.25) is 9.67 Å². The molecule has 26 heavy (non-hydrogen) atoms. The van der Waals surface area contributed by atoms with Crippen LogP contribution < -0.4 is 0 Å². The van der Waals surface area contributed by atoms with Gasteiger partial charge in [0.05, 0.1) is 11.4 Å². The van der Waals surface area contributed by atoms with Crippen LogP contribution in [-0.2, 0) is 16.8 Å². The van der Waals surface area contributed by atoms with Crippen molar-refractivity contribution in [1.29, 1.82) is 0 Å². The van der Waals surface area contributed by atoms with Crippen LogP contribution in [0.5, 0.6) is 0 Å². The van der Waals surface area contributed by atoms with Crippen molar-refractivity contribution in [3.05, 3.63) is 36.2 Å². The Morgan fingerprint density at radius 1 is 1.27 bits per heavy atom. The molecular formula is C18H27N5O2S. The maximum Gasteiger partial charge on any atom is 0.281 e. The van der Waals surface area contributed by atoms with Crippen LogP contribution in [0.3, 0.4) is 0 Å². The van der Waals surface area contributed by atoms with Gasteiger partial charge in [-0.2, -0.15) is 22.1 Å². The molecule has 0 aliphatic carbocycles. The number of pyridine rings is 1. The molecule has 8 heteroatoms. The van der Waals surface area contributed by atoms with E-state index in [2.05, 4.69) is 12.0 Å². The number of rotatable bonds is 6. The number of hydrogen-bond acceptors (Lipinski definition) is 4. The highest BCUT2D eigenvalue weighted by molar-refractivity contribution is 7.86. The van der Waals surface area contributed by atoms with E-state index in [1.165, 1.54) is 4.31 Å². The molecule has 2 aromatic rings. The Kier molecular flexibility index (Phi) is 5.74. The Labute approximate surface area is 155 Å². The second kappa shape index (κ2) is 7.85. The summed E-state index contributed by atoms with van der Waals surface area (Å²) in [6.45, 7) is 4.02. The van der Waals surface area contributed by atoms with Gasteiger partial charge in [-0.1, -0.05) is 13.0 Å². The zero-order valence-corrected chi connectivity index (χ0v) is 16.5. The molecule has 0 saturated carbocycles. The molecule has 2 aromatic heterocycles. The van der Waals surface area contributed by atoms with Gasteiger partial charge in [0.1, 0.15) is 0 Å². The van der Waals surface area contributed by atoms with Crippen molar-refractivity contribution < 1.29 is 8.42 Å². The van der Waals surface area contributed by atoms with E-state index in [0.29, 0.717) is 13.1 Å². The molecule has 0 N–H and O–H groups in total. The van der Waals surface area contributed by atoms with E-state index in [9.17, 15) is 8.42 Å². The van der Waals surface area contributed by atoms with Gasteiger partial charge in [-0.05, 0) is 37.5 Å². The first-order chi connectivity index (χ1) is 12.4. The highest BCUT2D eigenvalue weighted by atomic mass is 32.2. The summed E-state index contributed by atoms with van der Waals surface area (Å²) >= 11 is 0. The monoisotopic (exact) mass is 377 g/mol. The maximum atomic E-state index is 12.5. The number of aryl methyl sites for hydroxylation is 1. The molecule has 3 rings (SSSR count). The summed E-state index contributed by atoms with van der Waals surface area (Å²) in [6, 6.07) is 7.97. The van der Waals surface area contributed by atoms with Gasteiger partial charge in [0.15, 0.2) is 0 Å². The highest BCUT2D eigenvalue weighted by Crippen LogP contribution is 2.29. The van der Waals surface area contributed by atoms with Crippen LogP contribution in [0.15, 0.2) is 30.5 Å². The van der Waals surface area contributed by atoms with Crippen molar-refractivity contribution in [3.63, 3.8) is 0 Å². The molecule has 1 atom stereocenters. The zero-order chi connectivity index (χ0) is 18.7. The van der Waals surface area contributed by atoms with E-state index in [4.69, 9.17) is 4.98 Å². The van der Waals surface area contributed by atoms with E-state index in [0.717, 1.165) is 42.9 Å². The Morgan fingerprint density at radius 2 is 2.08 bits per heavy atom. The average molecular weight is 378 g/mol. The topological polar surface area (TPSA) is 71.3 Å². The number of nitrogens with zero attached hydrogens (tertiary/aromatic N) is 5. The fourth-order valence-corrected chi connectivity index (χ4v) is 4.58. The molecule has 1 aliphatic heterocycles. The molecule has 1 unspecified atom stereocenters. The molecular weight excluding hydrogens is 350 g/mol. The standard InChI is InChI=1S/C18H27N5O2S/c1-4-12-23-18(10-11-19-23)17-9-5-8-16(20-17)15-7-6-13-22(14-15)26(24,25)21(2)3/h5,8-11,15H,4,6-7,12-14H2,1-3H3. The molecule has 0 bridgehead atoms. The lowest BCUT2D eigenvalue weighted by Crippen LogP contribution is -2.45. The molecule has 0 spiro atoms. The third kappa shape index (κ3) is 3.82. The first-order valence-corrected chi connectivity index (χ1v) is 10.5. The Balaban J connectivity index is 1.85. The minimum Gasteiger partial charge on any atom is -0.263 e. The minimum atomic E-state index is -3.38. The molecule has 1 fully saturated rings. The lowest BCUT2D eigenvalue weighted by molar-refractivity contribution is 0.296. The fourth-order valence-electron chi connectivity index (χ4n) is 3.39. The summed E-state index contributed by atoms with van der Waals surface area (Å²) in [4.78, 5) is 4.85. The Bertz CT molecular complexity index is 847. The Morgan fingerprint density at radius 3 is 2.81 bits per heavy atom. The molecule has 0 aromatic carbocycles. The van der Waals surface area contributed by atoms with E-state index in [-0.39, 0.29) is 5.92 Å². The maximum absolute atomic E-state index is 12.5. The van der Waals surface area contributed by atoms with Gasteiger partial charge in [0.25, 0.3) is 10.2 Å². The zero-order valence-electron chi connectivity index (χ0n) is 15.7. The fraction of sp³-hybridized carbons (Fsp3) is 0.556. The van der Waals surface area contributed by atoms with Crippen molar-refractivity contribution >= 4 is 10.2 Å². The quantitative estimate of drug-likeness (QED) is 0.775. The van der Waals surface area contributed by atoms with E-state index < -0.39 is 10.2 Å². The lowest BCUT2D eigenvalue weighted by atomic mass is 9.95. The molecule has 142 valence electrons. The molecule has 1 saturated heterocycles. The molecule has 3 heterocycles. The Hall–Kier alpha value is -1.77. The molecule has 7 nitrogen and oxygen atoms in total. The normalized spacial score (nSPS) is 19.2. The van der Waals surface area contributed by atoms with Gasteiger partial charge < -0.3 is 0 Å². The van der Waals surface area contributed by atoms with Crippen molar-refractivity contribution in [3.8, 4) is 11.4 Å². The first kappa shape index (κ1) is 19.0. The summed E-state index contributed by atoms with van der Waals surface area (Å²) in [5.74, 6) is 0.112. The predicted molar refractivity (Wildman–Crippen MR) is 102 cm³/mol. The van der Waals surface area contributed by atoms with Crippen LogP contribution in [0.1, 0.15) is 37.8 Å². The smallest absolute Gasteiger partial charge is 0.263 e. The summed E-state index contributed by atoms with van der Waals surface area (Å²) < 4.78 is 29.7.